The highest BCUT2D eigenvalue weighted by atomic mass is 16.6. The SMILES string of the molecule is COC(=O)[C@@H](N)[C@H](NC(=O)OC(C)(C)C)c1ccc(OC)cc1. The van der Waals surface area contributed by atoms with E-state index in [4.69, 9.17) is 15.2 Å². The maximum absolute atomic E-state index is 12.0. The van der Waals surface area contributed by atoms with Crippen LogP contribution in [0.1, 0.15) is 32.4 Å². The third-order valence-electron chi connectivity index (χ3n) is 2.98. The molecule has 3 N–H and O–H groups in total. The number of alkyl carbamates (subject to hydrolysis) is 1. The number of methoxy groups -OCH3 is 2. The number of hydrogen-bond donors (Lipinski definition) is 2. The van der Waals surface area contributed by atoms with Crippen LogP contribution in [0.25, 0.3) is 0 Å². The second kappa shape index (κ2) is 7.82. The van der Waals surface area contributed by atoms with Crippen molar-refractivity contribution in [3.8, 4) is 5.75 Å². The first-order valence-corrected chi connectivity index (χ1v) is 7.15. The zero-order valence-electron chi connectivity index (χ0n) is 14.1. The van der Waals surface area contributed by atoms with Gasteiger partial charge in [-0.2, -0.15) is 0 Å². The Balaban J connectivity index is 3.01. The number of amides is 1. The summed E-state index contributed by atoms with van der Waals surface area (Å²) in [6.45, 7) is 5.24. The van der Waals surface area contributed by atoms with Crippen LogP contribution in [0.15, 0.2) is 24.3 Å². The Morgan fingerprint density at radius 1 is 1.13 bits per heavy atom. The number of ether oxygens (including phenoxy) is 3. The van der Waals surface area contributed by atoms with Crippen LogP contribution in [0.5, 0.6) is 5.75 Å². The van der Waals surface area contributed by atoms with Crippen LogP contribution < -0.4 is 15.8 Å². The monoisotopic (exact) mass is 324 g/mol. The normalized spacial score (nSPS) is 13.7. The average molecular weight is 324 g/mol. The largest absolute Gasteiger partial charge is 0.497 e. The minimum absolute atomic E-state index is 0.634. The minimum atomic E-state index is -1.07. The topological polar surface area (TPSA) is 99.9 Å². The van der Waals surface area contributed by atoms with Crippen molar-refractivity contribution in [2.24, 2.45) is 5.73 Å². The highest BCUT2D eigenvalue weighted by Crippen LogP contribution is 2.21. The fourth-order valence-electron chi connectivity index (χ4n) is 1.90. The molecule has 0 aliphatic rings. The molecule has 7 heteroatoms. The van der Waals surface area contributed by atoms with Gasteiger partial charge in [0.1, 0.15) is 17.4 Å². The van der Waals surface area contributed by atoms with Gasteiger partial charge in [-0.25, -0.2) is 4.79 Å². The summed E-state index contributed by atoms with van der Waals surface area (Å²) in [5.41, 5.74) is 5.88. The Labute approximate surface area is 136 Å². The van der Waals surface area contributed by atoms with Gasteiger partial charge in [-0.15, -0.1) is 0 Å². The number of esters is 1. The number of carbonyl (C=O) groups is 2. The summed E-state index contributed by atoms with van der Waals surface area (Å²) in [5.74, 6) is 0.0123. The average Bonchev–Trinajstić information content (AvgIpc) is 2.49. The second-order valence-electron chi connectivity index (χ2n) is 5.95. The van der Waals surface area contributed by atoms with Crippen molar-refractivity contribution in [2.75, 3.05) is 14.2 Å². The lowest BCUT2D eigenvalue weighted by Gasteiger charge is -2.26. The molecule has 0 aliphatic carbocycles. The summed E-state index contributed by atoms with van der Waals surface area (Å²) in [4.78, 5) is 23.8. The maximum Gasteiger partial charge on any atom is 0.408 e. The van der Waals surface area contributed by atoms with Crippen molar-refractivity contribution >= 4 is 12.1 Å². The van der Waals surface area contributed by atoms with Crippen LogP contribution in [0, 0.1) is 0 Å². The van der Waals surface area contributed by atoms with Gasteiger partial charge in [-0.3, -0.25) is 4.79 Å². The number of benzene rings is 1. The number of hydrogen-bond acceptors (Lipinski definition) is 6. The lowest BCUT2D eigenvalue weighted by Crippen LogP contribution is -2.47. The quantitative estimate of drug-likeness (QED) is 0.801. The molecule has 0 aliphatic heterocycles. The van der Waals surface area contributed by atoms with Crippen molar-refractivity contribution in [2.45, 2.75) is 38.5 Å². The van der Waals surface area contributed by atoms with Crippen LogP contribution in [-0.2, 0) is 14.3 Å². The first-order valence-electron chi connectivity index (χ1n) is 7.15. The van der Waals surface area contributed by atoms with Gasteiger partial charge in [0.15, 0.2) is 0 Å². The van der Waals surface area contributed by atoms with Crippen LogP contribution >= 0.6 is 0 Å². The van der Waals surface area contributed by atoms with E-state index in [1.165, 1.54) is 7.11 Å². The Bertz CT molecular complexity index is 536. The summed E-state index contributed by atoms with van der Waals surface area (Å²) in [7, 11) is 2.78. The van der Waals surface area contributed by atoms with Gasteiger partial charge in [0.05, 0.1) is 20.3 Å². The van der Waals surface area contributed by atoms with Crippen molar-refractivity contribution < 1.29 is 23.8 Å². The molecule has 0 radical (unpaired) electrons. The third-order valence-corrected chi connectivity index (χ3v) is 2.98. The van der Waals surface area contributed by atoms with Crippen molar-refractivity contribution in [3.63, 3.8) is 0 Å². The van der Waals surface area contributed by atoms with Crippen molar-refractivity contribution in [1.82, 2.24) is 5.32 Å². The van der Waals surface area contributed by atoms with Gasteiger partial charge in [0, 0.05) is 0 Å². The third kappa shape index (κ3) is 5.78. The minimum Gasteiger partial charge on any atom is -0.497 e. The molecule has 0 spiro atoms. The molecule has 7 nitrogen and oxygen atoms in total. The fourth-order valence-corrected chi connectivity index (χ4v) is 1.90. The lowest BCUT2D eigenvalue weighted by molar-refractivity contribution is -0.142. The highest BCUT2D eigenvalue weighted by molar-refractivity contribution is 5.78. The fraction of sp³-hybridized carbons (Fsp3) is 0.500. The van der Waals surface area contributed by atoms with E-state index in [1.54, 1.807) is 52.1 Å². The van der Waals surface area contributed by atoms with E-state index in [9.17, 15) is 9.59 Å². The van der Waals surface area contributed by atoms with Crippen LogP contribution in [0.4, 0.5) is 4.79 Å². The van der Waals surface area contributed by atoms with Crippen molar-refractivity contribution in [3.05, 3.63) is 29.8 Å². The Kier molecular flexibility index (Phi) is 6.38. The van der Waals surface area contributed by atoms with E-state index in [0.29, 0.717) is 11.3 Å². The molecule has 0 saturated carbocycles. The molecular formula is C16H24N2O5. The summed E-state index contributed by atoms with van der Waals surface area (Å²) >= 11 is 0. The predicted molar refractivity (Wildman–Crippen MR) is 85.1 cm³/mol. The molecule has 0 fully saturated rings. The summed E-state index contributed by atoms with van der Waals surface area (Å²) in [6, 6.07) is 4.99. The van der Waals surface area contributed by atoms with Gasteiger partial charge in [-0.05, 0) is 38.5 Å². The van der Waals surface area contributed by atoms with Gasteiger partial charge in [-0.1, -0.05) is 12.1 Å². The highest BCUT2D eigenvalue weighted by Gasteiger charge is 2.30. The summed E-state index contributed by atoms with van der Waals surface area (Å²) < 4.78 is 15.0. The van der Waals surface area contributed by atoms with E-state index in [-0.39, 0.29) is 0 Å². The summed E-state index contributed by atoms with van der Waals surface area (Å²) in [5, 5.41) is 2.61. The molecular weight excluding hydrogens is 300 g/mol. The van der Waals surface area contributed by atoms with Gasteiger partial charge in [0.2, 0.25) is 0 Å². The maximum atomic E-state index is 12.0. The zero-order chi connectivity index (χ0) is 17.6. The Hall–Kier alpha value is -2.28. The first kappa shape index (κ1) is 18.8. The second-order valence-corrected chi connectivity index (χ2v) is 5.95. The molecule has 0 bridgehead atoms. The molecule has 23 heavy (non-hydrogen) atoms. The number of nitrogens with two attached hydrogens (primary N) is 1. The van der Waals surface area contributed by atoms with E-state index in [1.807, 2.05) is 0 Å². The number of nitrogens with one attached hydrogen (secondary N) is 1. The predicted octanol–water partition coefficient (Wildman–Crippen LogP) is 1.76. The van der Waals surface area contributed by atoms with Crippen molar-refractivity contribution in [1.29, 1.82) is 0 Å². The van der Waals surface area contributed by atoms with Crippen LogP contribution in [-0.4, -0.2) is 37.9 Å². The Morgan fingerprint density at radius 3 is 2.13 bits per heavy atom. The van der Waals surface area contributed by atoms with Gasteiger partial charge >= 0.3 is 12.1 Å². The molecule has 1 aromatic carbocycles. The molecule has 1 amide bonds. The smallest absolute Gasteiger partial charge is 0.408 e. The molecule has 0 heterocycles. The van der Waals surface area contributed by atoms with Crippen LogP contribution in [0.2, 0.25) is 0 Å². The zero-order valence-corrected chi connectivity index (χ0v) is 14.1. The molecule has 1 aromatic rings. The van der Waals surface area contributed by atoms with E-state index < -0.39 is 29.7 Å². The van der Waals surface area contributed by atoms with Gasteiger partial charge < -0.3 is 25.3 Å². The first-order chi connectivity index (χ1) is 10.7. The number of carbonyl (C=O) groups excluding carboxylic acids is 2. The molecule has 0 unspecified atom stereocenters. The van der Waals surface area contributed by atoms with E-state index in [2.05, 4.69) is 10.1 Å². The lowest BCUT2D eigenvalue weighted by atomic mass is 10.00. The standard InChI is InChI=1S/C16H24N2O5/c1-16(2,3)23-15(20)18-13(12(17)14(19)22-5)10-6-8-11(21-4)9-7-10/h6-9,12-13H,17H2,1-5H3,(H,18,20)/t12-,13+/m0/s1. The number of rotatable bonds is 5. The molecule has 0 saturated heterocycles. The Morgan fingerprint density at radius 2 is 1.70 bits per heavy atom. The molecule has 2 atom stereocenters. The molecule has 1 rings (SSSR count). The molecule has 128 valence electrons. The van der Waals surface area contributed by atoms with E-state index in [0.717, 1.165) is 0 Å². The summed E-state index contributed by atoms with van der Waals surface area (Å²) in [6.07, 6.45) is -0.669. The van der Waals surface area contributed by atoms with Gasteiger partial charge in [0.25, 0.3) is 0 Å². The molecule has 0 aromatic heterocycles. The van der Waals surface area contributed by atoms with Crippen LogP contribution in [0.3, 0.4) is 0 Å². The van der Waals surface area contributed by atoms with E-state index >= 15 is 0 Å².